The average Bonchev–Trinajstić information content (AvgIpc) is 3.24. The second-order valence-electron chi connectivity index (χ2n) is 8.38. The van der Waals surface area contributed by atoms with E-state index in [1.807, 2.05) is 0 Å². The second-order valence-corrected chi connectivity index (χ2v) is 8.81. The van der Waals surface area contributed by atoms with Gasteiger partial charge < -0.3 is 24.7 Å². The summed E-state index contributed by atoms with van der Waals surface area (Å²) in [6.45, 7) is 6.22. The molecule has 1 atom stereocenters. The van der Waals surface area contributed by atoms with Gasteiger partial charge in [-0.05, 0) is 63.9 Å². The Morgan fingerprint density at radius 2 is 1.94 bits per heavy atom. The van der Waals surface area contributed by atoms with E-state index < -0.39 is 23.5 Å². The van der Waals surface area contributed by atoms with Crippen LogP contribution in [0.2, 0.25) is 5.02 Å². The fourth-order valence-electron chi connectivity index (χ4n) is 3.24. The third kappa shape index (κ3) is 6.24. The molecule has 9 heteroatoms. The van der Waals surface area contributed by atoms with Crippen LogP contribution in [0.4, 0.5) is 16.2 Å². The van der Waals surface area contributed by atoms with Crippen LogP contribution in [0, 0.1) is 5.92 Å². The highest BCUT2D eigenvalue weighted by Crippen LogP contribution is 2.28. The molecule has 1 aliphatic rings. The van der Waals surface area contributed by atoms with Crippen molar-refractivity contribution in [3.8, 4) is 0 Å². The maximum Gasteiger partial charge on any atom is 0.410 e. The van der Waals surface area contributed by atoms with E-state index in [9.17, 15) is 14.4 Å². The first kappa shape index (κ1) is 22.7. The Morgan fingerprint density at radius 1 is 1.16 bits per heavy atom. The normalized spacial score (nSPS) is 16.5. The van der Waals surface area contributed by atoms with Crippen LogP contribution in [-0.2, 0) is 9.53 Å². The third-order valence-corrected chi connectivity index (χ3v) is 4.91. The van der Waals surface area contributed by atoms with E-state index in [0.717, 1.165) is 0 Å². The Labute approximate surface area is 185 Å². The lowest BCUT2D eigenvalue weighted by Crippen LogP contribution is -2.45. The van der Waals surface area contributed by atoms with E-state index in [0.29, 0.717) is 35.8 Å². The summed E-state index contributed by atoms with van der Waals surface area (Å²) in [5.41, 5.74) is 0.155. The van der Waals surface area contributed by atoms with Gasteiger partial charge in [-0.1, -0.05) is 11.6 Å². The fourth-order valence-corrected chi connectivity index (χ4v) is 3.41. The van der Waals surface area contributed by atoms with Gasteiger partial charge in [0.05, 0.1) is 23.6 Å². The Bertz CT molecular complexity index is 953. The van der Waals surface area contributed by atoms with Crippen molar-refractivity contribution in [1.82, 2.24) is 4.90 Å². The standard InChI is InChI=1S/C22H26ClN3O5/c1-22(2,3)31-21(29)26-10-4-6-14(13-26)19(27)24-16-9-8-15(23)12-17(16)25-20(28)18-7-5-11-30-18/h5,7-9,11-12,14H,4,6,10,13H2,1-3H3,(H,24,27)(H,25,28). The highest BCUT2D eigenvalue weighted by molar-refractivity contribution is 6.31. The molecule has 3 amide bonds. The molecule has 2 N–H and O–H groups in total. The van der Waals surface area contributed by atoms with Crippen molar-refractivity contribution >= 4 is 40.9 Å². The predicted molar refractivity (Wildman–Crippen MR) is 117 cm³/mol. The molecular formula is C22H26ClN3O5. The number of rotatable bonds is 4. The van der Waals surface area contributed by atoms with Crippen molar-refractivity contribution in [2.45, 2.75) is 39.2 Å². The van der Waals surface area contributed by atoms with Gasteiger partial charge in [0.15, 0.2) is 5.76 Å². The molecule has 1 aliphatic heterocycles. The lowest BCUT2D eigenvalue weighted by molar-refractivity contribution is -0.121. The summed E-state index contributed by atoms with van der Waals surface area (Å²) in [5.74, 6) is -0.969. The molecule has 8 nitrogen and oxygen atoms in total. The SMILES string of the molecule is CC(C)(C)OC(=O)N1CCCC(C(=O)Nc2ccc(Cl)cc2NC(=O)c2ccco2)C1. The molecule has 1 fully saturated rings. The highest BCUT2D eigenvalue weighted by atomic mass is 35.5. The maximum atomic E-state index is 12.9. The first-order valence-electron chi connectivity index (χ1n) is 10.1. The summed E-state index contributed by atoms with van der Waals surface area (Å²) in [4.78, 5) is 39.2. The molecule has 0 bridgehead atoms. The van der Waals surface area contributed by atoms with Crippen LogP contribution in [0.1, 0.15) is 44.2 Å². The van der Waals surface area contributed by atoms with Crippen LogP contribution in [-0.4, -0.2) is 41.5 Å². The van der Waals surface area contributed by atoms with Crippen molar-refractivity contribution in [3.63, 3.8) is 0 Å². The zero-order valence-electron chi connectivity index (χ0n) is 17.7. The minimum atomic E-state index is -0.601. The largest absolute Gasteiger partial charge is 0.459 e. The zero-order valence-corrected chi connectivity index (χ0v) is 18.5. The van der Waals surface area contributed by atoms with Gasteiger partial charge in [-0.15, -0.1) is 0 Å². The Balaban J connectivity index is 1.68. The molecule has 0 saturated carbocycles. The van der Waals surface area contributed by atoms with Gasteiger partial charge in [0.2, 0.25) is 5.91 Å². The minimum absolute atomic E-state index is 0.137. The average molecular weight is 448 g/mol. The van der Waals surface area contributed by atoms with Crippen molar-refractivity contribution in [1.29, 1.82) is 0 Å². The first-order valence-corrected chi connectivity index (χ1v) is 10.4. The number of likely N-dealkylation sites (tertiary alicyclic amines) is 1. The minimum Gasteiger partial charge on any atom is -0.459 e. The Kier molecular flexibility index (Phi) is 6.90. The highest BCUT2D eigenvalue weighted by Gasteiger charge is 2.31. The van der Waals surface area contributed by atoms with E-state index in [-0.39, 0.29) is 18.2 Å². The van der Waals surface area contributed by atoms with E-state index in [1.54, 1.807) is 49.9 Å². The molecule has 1 aromatic heterocycles. The van der Waals surface area contributed by atoms with Gasteiger partial charge in [-0.25, -0.2) is 4.79 Å². The van der Waals surface area contributed by atoms with Crippen LogP contribution < -0.4 is 10.6 Å². The predicted octanol–water partition coefficient (Wildman–Crippen LogP) is 4.77. The summed E-state index contributed by atoms with van der Waals surface area (Å²) in [6, 6.07) is 7.92. The molecule has 0 aliphatic carbocycles. The van der Waals surface area contributed by atoms with Crippen LogP contribution in [0.15, 0.2) is 41.0 Å². The number of furan rings is 1. The number of halogens is 1. The molecule has 0 radical (unpaired) electrons. The van der Waals surface area contributed by atoms with E-state index >= 15 is 0 Å². The van der Waals surface area contributed by atoms with E-state index in [2.05, 4.69) is 10.6 Å². The maximum absolute atomic E-state index is 12.9. The van der Waals surface area contributed by atoms with E-state index in [1.165, 1.54) is 12.3 Å². The number of amides is 3. The number of piperidine rings is 1. The Morgan fingerprint density at radius 3 is 2.61 bits per heavy atom. The number of ether oxygens (including phenoxy) is 1. The molecule has 166 valence electrons. The molecular weight excluding hydrogens is 422 g/mol. The number of nitrogens with one attached hydrogen (secondary N) is 2. The van der Waals surface area contributed by atoms with E-state index in [4.69, 9.17) is 20.8 Å². The first-order chi connectivity index (χ1) is 14.6. The molecule has 2 aromatic rings. The molecule has 0 spiro atoms. The number of benzene rings is 1. The molecule has 1 unspecified atom stereocenters. The van der Waals surface area contributed by atoms with Gasteiger partial charge in [0, 0.05) is 18.1 Å². The van der Waals surface area contributed by atoms with Gasteiger partial charge in [-0.2, -0.15) is 0 Å². The number of anilines is 2. The van der Waals surface area contributed by atoms with Crippen molar-refractivity contribution in [2.24, 2.45) is 5.92 Å². The number of nitrogens with zero attached hydrogens (tertiary/aromatic N) is 1. The topological polar surface area (TPSA) is 101 Å². The van der Waals surface area contributed by atoms with Crippen molar-refractivity contribution in [3.05, 3.63) is 47.4 Å². The molecule has 31 heavy (non-hydrogen) atoms. The van der Waals surface area contributed by atoms with Crippen LogP contribution in [0.3, 0.4) is 0 Å². The van der Waals surface area contributed by atoms with Crippen LogP contribution in [0.25, 0.3) is 0 Å². The number of carbonyl (C=O) groups excluding carboxylic acids is 3. The number of hydrogen-bond donors (Lipinski definition) is 2. The molecule has 1 aromatic carbocycles. The molecule has 1 saturated heterocycles. The summed E-state index contributed by atoms with van der Waals surface area (Å²) >= 11 is 6.07. The summed E-state index contributed by atoms with van der Waals surface area (Å²) in [5, 5.41) is 5.95. The summed E-state index contributed by atoms with van der Waals surface area (Å²) < 4.78 is 10.5. The lowest BCUT2D eigenvalue weighted by atomic mass is 9.97. The zero-order chi connectivity index (χ0) is 22.6. The molecule has 2 heterocycles. The third-order valence-electron chi connectivity index (χ3n) is 4.68. The lowest BCUT2D eigenvalue weighted by Gasteiger charge is -2.33. The van der Waals surface area contributed by atoms with Gasteiger partial charge in [0.1, 0.15) is 5.60 Å². The molecule has 3 rings (SSSR count). The Hall–Kier alpha value is -3.00. The quantitative estimate of drug-likeness (QED) is 0.702. The fraction of sp³-hybridized carbons (Fsp3) is 0.409. The number of hydrogen-bond acceptors (Lipinski definition) is 5. The summed E-state index contributed by atoms with van der Waals surface area (Å²) in [7, 11) is 0. The van der Waals surface area contributed by atoms with Crippen LogP contribution in [0.5, 0.6) is 0 Å². The van der Waals surface area contributed by atoms with Crippen molar-refractivity contribution in [2.75, 3.05) is 23.7 Å². The van der Waals surface area contributed by atoms with Crippen molar-refractivity contribution < 1.29 is 23.5 Å². The van der Waals surface area contributed by atoms with Gasteiger partial charge >= 0.3 is 6.09 Å². The van der Waals surface area contributed by atoms with Gasteiger partial charge in [0.25, 0.3) is 5.91 Å². The second kappa shape index (κ2) is 9.43. The monoisotopic (exact) mass is 447 g/mol. The smallest absolute Gasteiger partial charge is 0.410 e. The van der Waals surface area contributed by atoms with Crippen LogP contribution >= 0.6 is 11.6 Å². The van der Waals surface area contributed by atoms with Gasteiger partial charge in [-0.3, -0.25) is 9.59 Å². The summed E-state index contributed by atoms with van der Waals surface area (Å²) in [6.07, 6.45) is 2.31. The number of carbonyl (C=O) groups is 3.